The Labute approximate surface area is 153 Å². The van der Waals surface area contributed by atoms with Crippen LogP contribution >= 0.6 is 21.7 Å². The Hall–Kier alpha value is -2.31. The highest BCUT2D eigenvalue weighted by Gasteiger charge is 2.21. The van der Waals surface area contributed by atoms with E-state index in [0.29, 0.717) is 13.0 Å². The first-order valence-electron chi connectivity index (χ1n) is 7.92. The van der Waals surface area contributed by atoms with Gasteiger partial charge in [0.05, 0.1) is 36.0 Å². The number of amides is 1. The van der Waals surface area contributed by atoms with E-state index in [9.17, 15) is 4.79 Å². The molecule has 25 heavy (non-hydrogen) atoms. The van der Waals surface area contributed by atoms with Gasteiger partial charge in [-0.1, -0.05) is 18.2 Å². The molecule has 0 bridgehead atoms. The minimum atomic E-state index is 0.00167. The van der Waals surface area contributed by atoms with Crippen molar-refractivity contribution in [2.24, 2.45) is 5.10 Å². The van der Waals surface area contributed by atoms with E-state index in [-0.39, 0.29) is 5.91 Å². The summed E-state index contributed by atoms with van der Waals surface area (Å²) in [5.41, 5.74) is 4.76. The van der Waals surface area contributed by atoms with Crippen LogP contribution in [0, 0.1) is 0 Å². The van der Waals surface area contributed by atoms with Crippen LogP contribution < -0.4 is 0 Å². The number of nitrogens with zero attached hydrogens (tertiary/aromatic N) is 3. The molecule has 1 aromatic heterocycles. The molecule has 0 unspecified atom stereocenters. The number of aromatic nitrogens is 2. The van der Waals surface area contributed by atoms with Gasteiger partial charge in [0.1, 0.15) is 0 Å². The molecular weight excluding hydrogens is 356 g/mol. The zero-order chi connectivity index (χ0) is 17.2. The van der Waals surface area contributed by atoms with Crippen molar-refractivity contribution in [2.45, 2.75) is 17.7 Å². The Kier molecular flexibility index (Phi) is 4.46. The normalized spacial score (nSPS) is 14.1. The highest BCUT2D eigenvalue weighted by molar-refractivity contribution is 8.21. The fourth-order valence-electron chi connectivity index (χ4n) is 2.90. The molecule has 1 amide bonds. The van der Waals surface area contributed by atoms with E-state index < -0.39 is 0 Å². The highest BCUT2D eigenvalue weighted by Crippen LogP contribution is 2.23. The number of rotatable bonds is 4. The van der Waals surface area contributed by atoms with E-state index in [0.717, 1.165) is 39.2 Å². The van der Waals surface area contributed by atoms with E-state index in [1.807, 2.05) is 42.5 Å². The predicted octanol–water partition coefficient (Wildman–Crippen LogP) is 3.99. The van der Waals surface area contributed by atoms with Crippen LogP contribution in [-0.4, -0.2) is 33.1 Å². The summed E-state index contributed by atoms with van der Waals surface area (Å²) < 4.78 is 0. The first-order valence-corrected chi connectivity index (χ1v) is 9.56. The first-order chi connectivity index (χ1) is 12.2. The first kappa shape index (κ1) is 16.2. The SMILES string of the molecule is O=C(Cc1ccc2nc[nH]c2c1)N1CCC(c2ccc(SCl)cc2)=N1. The van der Waals surface area contributed by atoms with Gasteiger partial charge in [0, 0.05) is 11.3 Å². The van der Waals surface area contributed by atoms with Crippen molar-refractivity contribution in [3.05, 3.63) is 59.9 Å². The molecule has 2 aromatic carbocycles. The van der Waals surface area contributed by atoms with Gasteiger partial charge in [-0.05, 0) is 57.1 Å². The number of fused-ring (bicyclic) bond motifs is 1. The quantitative estimate of drug-likeness (QED) is 0.755. The third-order valence-corrected chi connectivity index (χ3v) is 5.19. The molecule has 0 spiro atoms. The van der Waals surface area contributed by atoms with E-state index in [1.165, 1.54) is 11.0 Å². The number of hydrogen-bond donors (Lipinski definition) is 1. The van der Waals surface area contributed by atoms with Crippen LogP contribution in [0.2, 0.25) is 0 Å². The zero-order valence-corrected chi connectivity index (χ0v) is 14.8. The summed E-state index contributed by atoms with van der Waals surface area (Å²) in [6.45, 7) is 0.618. The Bertz CT molecular complexity index is 951. The lowest BCUT2D eigenvalue weighted by atomic mass is 10.1. The molecule has 1 N–H and O–H groups in total. The number of carbonyl (C=O) groups is 1. The van der Waals surface area contributed by atoms with Crippen LogP contribution in [0.5, 0.6) is 0 Å². The van der Waals surface area contributed by atoms with Gasteiger partial charge in [0.25, 0.3) is 0 Å². The smallest absolute Gasteiger partial charge is 0.247 e. The second kappa shape index (κ2) is 6.90. The third-order valence-electron chi connectivity index (χ3n) is 4.21. The van der Waals surface area contributed by atoms with Gasteiger partial charge in [-0.2, -0.15) is 5.10 Å². The predicted molar refractivity (Wildman–Crippen MR) is 101 cm³/mol. The minimum Gasteiger partial charge on any atom is -0.345 e. The maximum atomic E-state index is 12.5. The van der Waals surface area contributed by atoms with Crippen molar-refractivity contribution in [2.75, 3.05) is 6.54 Å². The summed E-state index contributed by atoms with van der Waals surface area (Å²) in [6.07, 6.45) is 2.74. The second-order valence-corrected chi connectivity index (χ2v) is 6.93. The van der Waals surface area contributed by atoms with Crippen molar-refractivity contribution in [1.29, 1.82) is 0 Å². The highest BCUT2D eigenvalue weighted by atomic mass is 35.7. The summed E-state index contributed by atoms with van der Waals surface area (Å²) in [6, 6.07) is 13.7. The van der Waals surface area contributed by atoms with Crippen molar-refractivity contribution in [3.63, 3.8) is 0 Å². The molecule has 126 valence electrons. The maximum Gasteiger partial charge on any atom is 0.247 e. The average Bonchev–Trinajstić information content (AvgIpc) is 3.31. The van der Waals surface area contributed by atoms with Gasteiger partial charge < -0.3 is 4.98 Å². The van der Waals surface area contributed by atoms with Crippen LogP contribution in [0.4, 0.5) is 0 Å². The second-order valence-electron chi connectivity index (χ2n) is 5.85. The van der Waals surface area contributed by atoms with Crippen LogP contribution in [-0.2, 0) is 11.2 Å². The van der Waals surface area contributed by atoms with E-state index in [1.54, 1.807) is 11.3 Å². The number of hydrazone groups is 1. The molecule has 0 saturated carbocycles. The number of aromatic amines is 1. The summed E-state index contributed by atoms with van der Waals surface area (Å²) in [7, 11) is 6.93. The Morgan fingerprint density at radius 1 is 1.24 bits per heavy atom. The number of imidazole rings is 1. The van der Waals surface area contributed by atoms with Crippen LogP contribution in [0.15, 0.2) is 58.8 Å². The largest absolute Gasteiger partial charge is 0.345 e. The van der Waals surface area contributed by atoms with Gasteiger partial charge in [0.15, 0.2) is 0 Å². The molecule has 0 fully saturated rings. The molecule has 3 aromatic rings. The fourth-order valence-corrected chi connectivity index (χ4v) is 3.44. The van der Waals surface area contributed by atoms with Gasteiger partial charge >= 0.3 is 0 Å². The summed E-state index contributed by atoms with van der Waals surface area (Å²) in [4.78, 5) is 20.8. The standard InChI is InChI=1S/C18H15ClN4OS/c19-25-14-4-2-13(3-5-14)15-7-8-23(22-15)18(24)10-12-1-6-16-17(9-12)21-11-20-16/h1-6,9,11H,7-8,10H2,(H,20,21). The number of hydrogen-bond acceptors (Lipinski definition) is 4. The zero-order valence-electron chi connectivity index (χ0n) is 13.3. The molecule has 1 aliphatic heterocycles. The Balaban J connectivity index is 1.47. The van der Waals surface area contributed by atoms with Crippen LogP contribution in [0.25, 0.3) is 11.0 Å². The number of H-pyrrole nitrogens is 1. The number of carbonyl (C=O) groups excluding carboxylic acids is 1. The van der Waals surface area contributed by atoms with Gasteiger partial charge in [-0.25, -0.2) is 9.99 Å². The van der Waals surface area contributed by atoms with Gasteiger partial charge in [-0.15, -0.1) is 0 Å². The number of benzene rings is 2. The number of halogens is 1. The third kappa shape index (κ3) is 3.41. The Morgan fingerprint density at radius 2 is 2.08 bits per heavy atom. The lowest BCUT2D eigenvalue weighted by Crippen LogP contribution is -2.25. The van der Waals surface area contributed by atoms with E-state index >= 15 is 0 Å². The molecular formula is C18H15ClN4OS. The topological polar surface area (TPSA) is 61.4 Å². The molecule has 1 aliphatic rings. The summed E-state index contributed by atoms with van der Waals surface area (Å²) in [5.74, 6) is 0.00167. The van der Waals surface area contributed by atoms with Gasteiger partial charge in [0.2, 0.25) is 5.91 Å². The average molecular weight is 371 g/mol. The molecule has 0 radical (unpaired) electrons. The van der Waals surface area contributed by atoms with E-state index in [2.05, 4.69) is 15.1 Å². The van der Waals surface area contributed by atoms with Crippen molar-refractivity contribution >= 4 is 44.3 Å². The van der Waals surface area contributed by atoms with E-state index in [4.69, 9.17) is 10.7 Å². The molecule has 0 atom stereocenters. The van der Waals surface area contributed by atoms with Crippen molar-refractivity contribution in [3.8, 4) is 0 Å². The molecule has 0 saturated heterocycles. The molecule has 2 heterocycles. The van der Waals surface area contributed by atoms with Crippen LogP contribution in [0.3, 0.4) is 0 Å². The Morgan fingerprint density at radius 3 is 2.88 bits per heavy atom. The van der Waals surface area contributed by atoms with Crippen LogP contribution in [0.1, 0.15) is 17.5 Å². The van der Waals surface area contributed by atoms with Gasteiger partial charge in [-0.3, -0.25) is 4.79 Å². The molecule has 4 rings (SSSR count). The fraction of sp³-hybridized carbons (Fsp3) is 0.167. The molecule has 0 aliphatic carbocycles. The minimum absolute atomic E-state index is 0.00167. The summed E-state index contributed by atoms with van der Waals surface area (Å²) >= 11 is 0. The maximum absolute atomic E-state index is 12.5. The molecule has 5 nitrogen and oxygen atoms in total. The molecule has 7 heteroatoms. The van der Waals surface area contributed by atoms with Crippen molar-refractivity contribution in [1.82, 2.24) is 15.0 Å². The number of nitrogens with one attached hydrogen (secondary N) is 1. The lowest BCUT2D eigenvalue weighted by Gasteiger charge is -2.11. The summed E-state index contributed by atoms with van der Waals surface area (Å²) in [5, 5.41) is 6.07. The lowest BCUT2D eigenvalue weighted by molar-refractivity contribution is -0.130. The monoisotopic (exact) mass is 370 g/mol. The van der Waals surface area contributed by atoms with Crippen molar-refractivity contribution < 1.29 is 4.79 Å².